The van der Waals surface area contributed by atoms with Gasteiger partial charge in [-0.25, -0.2) is 0 Å². The van der Waals surface area contributed by atoms with Gasteiger partial charge in [0.25, 0.3) is 0 Å². The van der Waals surface area contributed by atoms with Crippen molar-refractivity contribution in [3.63, 3.8) is 0 Å². The zero-order valence-electron chi connectivity index (χ0n) is 11.0. The lowest BCUT2D eigenvalue weighted by Crippen LogP contribution is -2.44. The highest BCUT2D eigenvalue weighted by Crippen LogP contribution is 2.30. The first-order valence-electron chi connectivity index (χ1n) is 7.07. The summed E-state index contributed by atoms with van der Waals surface area (Å²) in [6.45, 7) is 9.00. The number of morpholine rings is 1. The van der Waals surface area contributed by atoms with E-state index in [1.54, 1.807) is 0 Å². The monoisotopic (exact) mass is 225 g/mol. The Morgan fingerprint density at radius 2 is 1.88 bits per heavy atom. The van der Waals surface area contributed by atoms with Crippen molar-refractivity contribution in [2.45, 2.75) is 52.0 Å². The average molecular weight is 225 g/mol. The molecule has 1 heterocycles. The molecule has 0 N–H and O–H groups in total. The summed E-state index contributed by atoms with van der Waals surface area (Å²) < 4.78 is 5.48. The molecule has 2 aliphatic rings. The molecule has 0 aromatic heterocycles. The summed E-state index contributed by atoms with van der Waals surface area (Å²) in [6.07, 6.45) is 7.28. The molecule has 2 heteroatoms. The van der Waals surface area contributed by atoms with E-state index in [1.165, 1.54) is 38.6 Å². The Balaban J connectivity index is 1.66. The summed E-state index contributed by atoms with van der Waals surface area (Å²) >= 11 is 0. The third-order valence-electron chi connectivity index (χ3n) is 4.47. The Labute approximate surface area is 100 Å². The van der Waals surface area contributed by atoms with Crippen molar-refractivity contribution < 1.29 is 4.74 Å². The van der Waals surface area contributed by atoms with E-state index in [4.69, 9.17) is 4.74 Å². The van der Waals surface area contributed by atoms with E-state index in [9.17, 15) is 0 Å². The van der Waals surface area contributed by atoms with Crippen molar-refractivity contribution >= 4 is 0 Å². The molecule has 0 radical (unpaired) electrons. The van der Waals surface area contributed by atoms with Crippen LogP contribution < -0.4 is 0 Å². The van der Waals surface area contributed by atoms with Crippen molar-refractivity contribution in [2.24, 2.45) is 11.8 Å². The average Bonchev–Trinajstić information content (AvgIpc) is 2.30. The summed E-state index contributed by atoms with van der Waals surface area (Å²) in [6, 6.07) is 0.635. The van der Waals surface area contributed by atoms with E-state index >= 15 is 0 Å². The second kappa shape index (κ2) is 6.02. The standard InChI is InChI=1S/C14H27NO/c1-12-3-5-14(6-4-12)7-8-15-9-10-16-11-13(15)2/h12-14H,3-11H2,1-2H3/t12-,13-,14-/m1/s1. The van der Waals surface area contributed by atoms with E-state index in [-0.39, 0.29) is 0 Å². The topological polar surface area (TPSA) is 12.5 Å². The molecular weight excluding hydrogens is 198 g/mol. The predicted molar refractivity (Wildman–Crippen MR) is 67.6 cm³/mol. The Hall–Kier alpha value is -0.0800. The van der Waals surface area contributed by atoms with E-state index < -0.39 is 0 Å². The molecule has 0 amide bonds. The maximum atomic E-state index is 5.48. The summed E-state index contributed by atoms with van der Waals surface area (Å²) in [4.78, 5) is 2.61. The van der Waals surface area contributed by atoms with E-state index in [2.05, 4.69) is 18.7 Å². The van der Waals surface area contributed by atoms with Crippen LogP contribution in [0.25, 0.3) is 0 Å². The van der Waals surface area contributed by atoms with E-state index in [0.29, 0.717) is 6.04 Å². The maximum Gasteiger partial charge on any atom is 0.0619 e. The number of rotatable bonds is 3. The van der Waals surface area contributed by atoms with Crippen LogP contribution in [0.5, 0.6) is 0 Å². The smallest absolute Gasteiger partial charge is 0.0619 e. The van der Waals surface area contributed by atoms with E-state index in [0.717, 1.165) is 31.6 Å². The Morgan fingerprint density at radius 3 is 2.56 bits per heavy atom. The number of ether oxygens (including phenoxy) is 1. The molecule has 1 saturated heterocycles. The van der Waals surface area contributed by atoms with E-state index in [1.807, 2.05) is 0 Å². The third kappa shape index (κ3) is 3.46. The second-order valence-corrected chi connectivity index (χ2v) is 5.87. The molecule has 1 saturated carbocycles. The van der Waals surface area contributed by atoms with Crippen LogP contribution in [0.2, 0.25) is 0 Å². The van der Waals surface area contributed by atoms with Gasteiger partial charge in [0.05, 0.1) is 13.2 Å². The zero-order valence-corrected chi connectivity index (χ0v) is 11.0. The van der Waals surface area contributed by atoms with Gasteiger partial charge in [0.15, 0.2) is 0 Å². The molecule has 16 heavy (non-hydrogen) atoms. The van der Waals surface area contributed by atoms with Crippen LogP contribution in [0, 0.1) is 11.8 Å². The SMILES string of the molecule is C[C@@H]1COCCN1CC[C@H]1CC[C@H](C)CC1. The van der Waals surface area contributed by atoms with Crippen LogP contribution in [0.1, 0.15) is 46.0 Å². The van der Waals surface area contributed by atoms with Crippen molar-refractivity contribution in [2.75, 3.05) is 26.3 Å². The van der Waals surface area contributed by atoms with Gasteiger partial charge >= 0.3 is 0 Å². The molecule has 1 aliphatic carbocycles. The fourth-order valence-electron chi connectivity index (χ4n) is 3.06. The van der Waals surface area contributed by atoms with Crippen LogP contribution >= 0.6 is 0 Å². The molecule has 94 valence electrons. The molecule has 0 bridgehead atoms. The van der Waals surface area contributed by atoms with Gasteiger partial charge in [-0.15, -0.1) is 0 Å². The van der Waals surface area contributed by atoms with Crippen LogP contribution in [0.15, 0.2) is 0 Å². The molecule has 0 spiro atoms. The Kier molecular flexibility index (Phi) is 4.66. The lowest BCUT2D eigenvalue weighted by Gasteiger charge is -2.35. The lowest BCUT2D eigenvalue weighted by molar-refractivity contribution is -0.00341. The zero-order chi connectivity index (χ0) is 11.4. The van der Waals surface area contributed by atoms with Crippen molar-refractivity contribution in [3.05, 3.63) is 0 Å². The fraction of sp³-hybridized carbons (Fsp3) is 1.00. The van der Waals surface area contributed by atoms with Crippen molar-refractivity contribution in [1.29, 1.82) is 0 Å². The second-order valence-electron chi connectivity index (χ2n) is 5.87. The lowest BCUT2D eigenvalue weighted by atomic mass is 9.81. The largest absolute Gasteiger partial charge is 0.379 e. The molecule has 0 aromatic rings. The summed E-state index contributed by atoms with van der Waals surface area (Å²) in [7, 11) is 0. The first kappa shape index (κ1) is 12.4. The van der Waals surface area contributed by atoms with Crippen LogP contribution in [0.3, 0.4) is 0 Å². The summed E-state index contributed by atoms with van der Waals surface area (Å²) in [5.41, 5.74) is 0. The molecule has 2 rings (SSSR count). The molecular formula is C14H27NO. The predicted octanol–water partition coefficient (Wildman–Crippen LogP) is 2.92. The van der Waals surface area contributed by atoms with Gasteiger partial charge in [-0.1, -0.05) is 32.6 Å². The molecule has 0 aromatic carbocycles. The molecule has 2 nitrogen and oxygen atoms in total. The van der Waals surface area contributed by atoms with Crippen molar-refractivity contribution in [1.82, 2.24) is 4.90 Å². The van der Waals surface area contributed by atoms with Crippen molar-refractivity contribution in [3.8, 4) is 0 Å². The quantitative estimate of drug-likeness (QED) is 0.732. The number of hydrogen-bond donors (Lipinski definition) is 0. The minimum Gasteiger partial charge on any atom is -0.379 e. The van der Waals surface area contributed by atoms with Gasteiger partial charge in [0.1, 0.15) is 0 Å². The molecule has 2 fully saturated rings. The summed E-state index contributed by atoms with van der Waals surface area (Å²) in [5, 5.41) is 0. The van der Waals surface area contributed by atoms with Gasteiger partial charge < -0.3 is 4.74 Å². The number of nitrogens with zero attached hydrogens (tertiary/aromatic N) is 1. The van der Waals surface area contributed by atoms with Crippen LogP contribution in [-0.2, 0) is 4.74 Å². The summed E-state index contributed by atoms with van der Waals surface area (Å²) in [5.74, 6) is 1.99. The first-order valence-corrected chi connectivity index (χ1v) is 7.07. The van der Waals surface area contributed by atoms with Gasteiger partial charge in [0.2, 0.25) is 0 Å². The molecule has 1 aliphatic heterocycles. The highest BCUT2D eigenvalue weighted by atomic mass is 16.5. The van der Waals surface area contributed by atoms with Gasteiger partial charge in [-0.3, -0.25) is 4.90 Å². The normalized spacial score (nSPS) is 37.5. The fourth-order valence-corrected chi connectivity index (χ4v) is 3.06. The van der Waals surface area contributed by atoms with Gasteiger partial charge in [0, 0.05) is 12.6 Å². The minimum atomic E-state index is 0.635. The van der Waals surface area contributed by atoms with Crippen LogP contribution in [-0.4, -0.2) is 37.2 Å². The van der Waals surface area contributed by atoms with Gasteiger partial charge in [-0.2, -0.15) is 0 Å². The minimum absolute atomic E-state index is 0.635. The first-order chi connectivity index (χ1) is 7.75. The number of hydrogen-bond acceptors (Lipinski definition) is 2. The highest BCUT2D eigenvalue weighted by Gasteiger charge is 2.22. The molecule has 0 unspecified atom stereocenters. The van der Waals surface area contributed by atoms with Gasteiger partial charge in [-0.05, 0) is 31.7 Å². The molecule has 1 atom stereocenters. The highest BCUT2D eigenvalue weighted by molar-refractivity contribution is 4.75. The Bertz CT molecular complexity index is 199. The maximum absolute atomic E-state index is 5.48. The van der Waals surface area contributed by atoms with Crippen LogP contribution in [0.4, 0.5) is 0 Å². The third-order valence-corrected chi connectivity index (χ3v) is 4.47. The Morgan fingerprint density at radius 1 is 1.12 bits per heavy atom.